The molecule has 2 aliphatic rings. The van der Waals surface area contributed by atoms with E-state index in [4.69, 9.17) is 10.5 Å². The van der Waals surface area contributed by atoms with E-state index in [-0.39, 0.29) is 5.95 Å². The molecule has 1 unspecified atom stereocenters. The molecule has 1 atom stereocenters. The number of nitrogens with two attached hydrogens (primary N) is 1. The average Bonchev–Trinajstić information content (AvgIpc) is 3.02. The topological polar surface area (TPSA) is 77.2 Å². The molecule has 4 rings (SSSR count). The van der Waals surface area contributed by atoms with Crippen LogP contribution in [0.25, 0.3) is 11.0 Å². The SMILES string of the molecule is COC1CCN(CCCC2CCc3cc4nc(N)nnc4cc32)CC1. The Labute approximate surface area is 148 Å². The first-order valence-corrected chi connectivity index (χ1v) is 9.41. The summed E-state index contributed by atoms with van der Waals surface area (Å²) in [5.41, 5.74) is 10.2. The minimum Gasteiger partial charge on any atom is -0.381 e. The highest BCUT2D eigenvalue weighted by molar-refractivity contribution is 5.77. The Balaban J connectivity index is 1.35. The zero-order valence-corrected chi connectivity index (χ0v) is 14.9. The molecule has 0 saturated carbocycles. The molecule has 1 aliphatic carbocycles. The fourth-order valence-corrected chi connectivity index (χ4v) is 4.37. The van der Waals surface area contributed by atoms with Gasteiger partial charge in [-0.05, 0) is 74.2 Å². The van der Waals surface area contributed by atoms with Crippen LogP contribution in [0.4, 0.5) is 5.95 Å². The molecule has 1 saturated heterocycles. The number of anilines is 1. The number of aromatic nitrogens is 3. The van der Waals surface area contributed by atoms with Gasteiger partial charge < -0.3 is 15.4 Å². The Kier molecular flexibility index (Phi) is 4.81. The van der Waals surface area contributed by atoms with Crippen molar-refractivity contribution in [1.29, 1.82) is 0 Å². The zero-order valence-electron chi connectivity index (χ0n) is 14.9. The number of nitrogens with zero attached hydrogens (tertiary/aromatic N) is 4. The molecule has 2 aromatic rings. The van der Waals surface area contributed by atoms with Gasteiger partial charge in [-0.1, -0.05) is 0 Å². The molecule has 0 spiro atoms. The number of aryl methyl sites for hydroxylation is 1. The molecule has 2 heterocycles. The van der Waals surface area contributed by atoms with Gasteiger partial charge >= 0.3 is 0 Å². The third-order valence-corrected chi connectivity index (χ3v) is 5.83. The van der Waals surface area contributed by atoms with Crippen molar-refractivity contribution in [3.63, 3.8) is 0 Å². The molecular formula is C19H27N5O. The molecule has 0 bridgehead atoms. The molecule has 25 heavy (non-hydrogen) atoms. The van der Waals surface area contributed by atoms with E-state index in [0.29, 0.717) is 12.0 Å². The largest absolute Gasteiger partial charge is 0.381 e. The van der Waals surface area contributed by atoms with Crippen LogP contribution < -0.4 is 5.73 Å². The summed E-state index contributed by atoms with van der Waals surface area (Å²) in [5.74, 6) is 0.898. The monoisotopic (exact) mass is 341 g/mol. The number of rotatable bonds is 5. The van der Waals surface area contributed by atoms with Gasteiger partial charge in [0.1, 0.15) is 5.52 Å². The third kappa shape index (κ3) is 3.60. The Morgan fingerprint density at radius 3 is 2.80 bits per heavy atom. The second kappa shape index (κ2) is 7.22. The summed E-state index contributed by atoms with van der Waals surface area (Å²) in [7, 11) is 1.83. The van der Waals surface area contributed by atoms with Crippen LogP contribution >= 0.6 is 0 Å². The van der Waals surface area contributed by atoms with Crippen molar-refractivity contribution in [1.82, 2.24) is 20.1 Å². The Bertz CT molecular complexity index is 742. The summed E-state index contributed by atoms with van der Waals surface area (Å²) >= 11 is 0. The van der Waals surface area contributed by atoms with Crippen LogP contribution in [0.2, 0.25) is 0 Å². The van der Waals surface area contributed by atoms with Crippen molar-refractivity contribution in [3.8, 4) is 0 Å². The Hall–Kier alpha value is -1.79. The van der Waals surface area contributed by atoms with Gasteiger partial charge in [0.2, 0.25) is 5.95 Å². The van der Waals surface area contributed by atoms with E-state index in [1.54, 1.807) is 0 Å². The van der Waals surface area contributed by atoms with E-state index in [1.807, 2.05) is 7.11 Å². The molecule has 1 aromatic carbocycles. The lowest BCUT2D eigenvalue weighted by Gasteiger charge is -2.31. The summed E-state index contributed by atoms with van der Waals surface area (Å²) in [6, 6.07) is 4.34. The number of likely N-dealkylation sites (tertiary alicyclic amines) is 1. The van der Waals surface area contributed by atoms with Gasteiger partial charge in [-0.3, -0.25) is 0 Å². The van der Waals surface area contributed by atoms with E-state index in [9.17, 15) is 0 Å². The molecule has 2 N–H and O–H groups in total. The number of piperidine rings is 1. The molecular weight excluding hydrogens is 314 g/mol. The standard InChI is InChI=1S/C19H27N5O/c1-25-15-6-9-24(10-7-15)8-2-3-13-4-5-14-11-17-18(12-16(13)14)22-23-19(20)21-17/h11-13,15H,2-10H2,1H3,(H2,20,21,23). The number of fused-ring (bicyclic) bond motifs is 2. The normalized spacial score (nSPS) is 21.7. The highest BCUT2D eigenvalue weighted by Crippen LogP contribution is 2.38. The van der Waals surface area contributed by atoms with Crippen LogP contribution in [0.3, 0.4) is 0 Å². The van der Waals surface area contributed by atoms with Crippen LogP contribution in [-0.2, 0) is 11.2 Å². The molecule has 134 valence electrons. The fourth-order valence-electron chi connectivity index (χ4n) is 4.37. The van der Waals surface area contributed by atoms with E-state index >= 15 is 0 Å². The van der Waals surface area contributed by atoms with Gasteiger partial charge in [0.05, 0.1) is 11.6 Å². The van der Waals surface area contributed by atoms with Crippen molar-refractivity contribution < 1.29 is 4.74 Å². The van der Waals surface area contributed by atoms with Crippen molar-refractivity contribution in [3.05, 3.63) is 23.3 Å². The maximum atomic E-state index is 5.65. The van der Waals surface area contributed by atoms with Gasteiger partial charge in [0.25, 0.3) is 0 Å². The second-order valence-electron chi connectivity index (χ2n) is 7.36. The smallest absolute Gasteiger partial charge is 0.240 e. The molecule has 0 amide bonds. The van der Waals surface area contributed by atoms with Crippen molar-refractivity contribution in [2.45, 2.75) is 50.5 Å². The van der Waals surface area contributed by atoms with Crippen molar-refractivity contribution in [2.75, 3.05) is 32.5 Å². The van der Waals surface area contributed by atoms with Gasteiger partial charge in [0.15, 0.2) is 0 Å². The highest BCUT2D eigenvalue weighted by Gasteiger charge is 2.24. The fraction of sp³-hybridized carbons (Fsp3) is 0.632. The lowest BCUT2D eigenvalue weighted by Crippen LogP contribution is -2.37. The summed E-state index contributed by atoms with van der Waals surface area (Å²) in [6.07, 6.45) is 7.69. The highest BCUT2D eigenvalue weighted by atomic mass is 16.5. The number of nitrogen functional groups attached to an aromatic ring is 1. The summed E-state index contributed by atoms with van der Waals surface area (Å²) in [5, 5.41) is 8.10. The quantitative estimate of drug-likeness (QED) is 0.900. The summed E-state index contributed by atoms with van der Waals surface area (Å²) in [6.45, 7) is 3.55. The lowest BCUT2D eigenvalue weighted by molar-refractivity contribution is 0.0406. The first-order chi connectivity index (χ1) is 12.2. The van der Waals surface area contributed by atoms with E-state index in [2.05, 4.69) is 32.2 Å². The first kappa shape index (κ1) is 16.7. The minimum atomic E-state index is 0.249. The minimum absolute atomic E-state index is 0.249. The maximum Gasteiger partial charge on any atom is 0.240 e. The molecule has 1 fully saturated rings. The lowest BCUT2D eigenvalue weighted by atomic mass is 9.95. The molecule has 6 heteroatoms. The number of methoxy groups -OCH3 is 1. The Morgan fingerprint density at radius 1 is 1.16 bits per heavy atom. The predicted molar refractivity (Wildman–Crippen MR) is 98.5 cm³/mol. The van der Waals surface area contributed by atoms with Crippen LogP contribution in [0.5, 0.6) is 0 Å². The average molecular weight is 341 g/mol. The molecule has 0 radical (unpaired) electrons. The number of hydrogen-bond donors (Lipinski definition) is 1. The van der Waals surface area contributed by atoms with E-state index in [0.717, 1.165) is 17.5 Å². The molecule has 6 nitrogen and oxygen atoms in total. The first-order valence-electron chi connectivity index (χ1n) is 9.41. The molecule has 1 aliphatic heterocycles. The number of benzene rings is 1. The third-order valence-electron chi connectivity index (χ3n) is 5.83. The number of hydrogen-bond acceptors (Lipinski definition) is 6. The second-order valence-corrected chi connectivity index (χ2v) is 7.36. The van der Waals surface area contributed by atoms with Crippen LogP contribution in [-0.4, -0.2) is 52.9 Å². The molecule has 1 aromatic heterocycles. The Morgan fingerprint density at radius 2 is 2.00 bits per heavy atom. The number of ether oxygens (including phenoxy) is 1. The summed E-state index contributed by atoms with van der Waals surface area (Å²) < 4.78 is 5.46. The van der Waals surface area contributed by atoms with E-state index in [1.165, 1.54) is 62.9 Å². The van der Waals surface area contributed by atoms with Crippen LogP contribution in [0, 0.1) is 0 Å². The van der Waals surface area contributed by atoms with Crippen molar-refractivity contribution in [2.24, 2.45) is 0 Å². The van der Waals surface area contributed by atoms with Gasteiger partial charge in [-0.15, -0.1) is 10.2 Å². The van der Waals surface area contributed by atoms with Crippen molar-refractivity contribution >= 4 is 17.0 Å². The zero-order chi connectivity index (χ0) is 17.2. The predicted octanol–water partition coefficient (Wildman–Crippen LogP) is 2.53. The van der Waals surface area contributed by atoms with E-state index < -0.39 is 0 Å². The van der Waals surface area contributed by atoms with Gasteiger partial charge in [-0.2, -0.15) is 0 Å². The summed E-state index contributed by atoms with van der Waals surface area (Å²) in [4.78, 5) is 6.89. The van der Waals surface area contributed by atoms with Gasteiger partial charge in [0, 0.05) is 20.2 Å². The van der Waals surface area contributed by atoms with Crippen LogP contribution in [0.1, 0.15) is 49.1 Å². The van der Waals surface area contributed by atoms with Crippen LogP contribution in [0.15, 0.2) is 12.1 Å². The maximum absolute atomic E-state index is 5.65. The van der Waals surface area contributed by atoms with Gasteiger partial charge in [-0.25, -0.2) is 4.98 Å².